The van der Waals surface area contributed by atoms with Gasteiger partial charge in [-0.2, -0.15) is 0 Å². The van der Waals surface area contributed by atoms with E-state index in [1.807, 2.05) is 0 Å². The molecule has 4 amide bonds. The molecule has 0 bridgehead atoms. The van der Waals surface area contributed by atoms with Gasteiger partial charge in [-0.3, -0.25) is 0 Å². The summed E-state index contributed by atoms with van der Waals surface area (Å²) >= 11 is 0. The number of carbonyl (C=O) groups excluding carboxylic acids is 2. The van der Waals surface area contributed by atoms with Crippen LogP contribution in [0.5, 0.6) is 5.75 Å². The Morgan fingerprint density at radius 2 is 2.18 bits per heavy atom. The molecule has 0 spiro atoms. The molecule has 118 valence electrons. The van der Waals surface area contributed by atoms with Crippen LogP contribution in [0, 0.1) is 6.92 Å². The molecule has 2 saturated heterocycles. The highest BCUT2D eigenvalue weighted by Gasteiger charge is 2.35. The van der Waals surface area contributed by atoms with Gasteiger partial charge in [0.05, 0.1) is 12.6 Å². The number of nitrogens with one attached hydrogen (secondary N) is 1. The van der Waals surface area contributed by atoms with Gasteiger partial charge < -0.3 is 19.4 Å². The van der Waals surface area contributed by atoms with Crippen molar-refractivity contribution < 1.29 is 18.7 Å². The van der Waals surface area contributed by atoms with E-state index in [1.54, 1.807) is 17.9 Å². The summed E-state index contributed by atoms with van der Waals surface area (Å²) in [5, 5.41) is 2.60. The third kappa shape index (κ3) is 2.90. The van der Waals surface area contributed by atoms with Gasteiger partial charge >= 0.3 is 17.7 Å². The van der Waals surface area contributed by atoms with Crippen LogP contribution in [0.1, 0.15) is 12.2 Å². The zero-order valence-electron chi connectivity index (χ0n) is 12.2. The largest absolute Gasteiger partial charge is 0.488 e. The number of imide groups is 1. The standard InChI is InChI=1S/C14H17N3O5/c1-9-6-11(7-12(18)21-9)22-10-2-4-16(8-10)14(20)17-5-3-15-13(17)19/h6-7,10H,2-5,8H2,1H3,(H,15,19)/t10-/m1/s1. The highest BCUT2D eigenvalue weighted by molar-refractivity contribution is 5.95. The van der Waals surface area contributed by atoms with Gasteiger partial charge in [-0.05, 0) is 6.92 Å². The lowest BCUT2D eigenvalue weighted by molar-refractivity contribution is 0.161. The molecule has 22 heavy (non-hydrogen) atoms. The van der Waals surface area contributed by atoms with Crippen LogP contribution < -0.4 is 15.7 Å². The highest BCUT2D eigenvalue weighted by atomic mass is 16.5. The number of likely N-dealkylation sites (tertiary alicyclic amines) is 1. The van der Waals surface area contributed by atoms with Crippen LogP contribution in [0.3, 0.4) is 0 Å². The van der Waals surface area contributed by atoms with Crippen molar-refractivity contribution in [1.82, 2.24) is 15.1 Å². The van der Waals surface area contributed by atoms with Crippen molar-refractivity contribution in [3.05, 3.63) is 28.3 Å². The third-order valence-electron chi connectivity index (χ3n) is 3.67. The van der Waals surface area contributed by atoms with E-state index >= 15 is 0 Å². The molecule has 3 rings (SSSR count). The summed E-state index contributed by atoms with van der Waals surface area (Å²) in [4.78, 5) is 37.8. The Labute approximate surface area is 126 Å². The maximum atomic E-state index is 12.2. The summed E-state index contributed by atoms with van der Waals surface area (Å²) in [6.45, 7) is 3.45. The number of carbonyl (C=O) groups is 2. The quantitative estimate of drug-likeness (QED) is 0.861. The van der Waals surface area contributed by atoms with Gasteiger partial charge in [0.15, 0.2) is 0 Å². The first kappa shape index (κ1) is 14.4. The first-order valence-electron chi connectivity index (χ1n) is 7.15. The predicted molar refractivity (Wildman–Crippen MR) is 75.8 cm³/mol. The summed E-state index contributed by atoms with van der Waals surface area (Å²) in [5.74, 6) is 0.911. The molecule has 0 unspecified atom stereocenters. The molecule has 2 aliphatic heterocycles. The number of amides is 4. The van der Waals surface area contributed by atoms with Crippen molar-refractivity contribution in [2.24, 2.45) is 0 Å². The Hall–Kier alpha value is -2.51. The first-order valence-corrected chi connectivity index (χ1v) is 7.15. The van der Waals surface area contributed by atoms with Gasteiger partial charge in [0, 0.05) is 32.1 Å². The van der Waals surface area contributed by atoms with E-state index in [-0.39, 0.29) is 18.2 Å². The molecule has 2 aliphatic rings. The number of rotatable bonds is 2. The molecular formula is C14H17N3O5. The second-order valence-corrected chi connectivity index (χ2v) is 5.36. The maximum Gasteiger partial charge on any atom is 0.339 e. The monoisotopic (exact) mass is 307 g/mol. The Kier molecular flexibility index (Phi) is 3.74. The second kappa shape index (κ2) is 5.70. The molecule has 0 aromatic carbocycles. The van der Waals surface area contributed by atoms with E-state index in [2.05, 4.69) is 5.32 Å². The van der Waals surface area contributed by atoms with Crippen LogP contribution >= 0.6 is 0 Å². The molecule has 8 heteroatoms. The molecule has 0 radical (unpaired) electrons. The molecule has 1 atom stereocenters. The topological polar surface area (TPSA) is 92.1 Å². The summed E-state index contributed by atoms with van der Waals surface area (Å²) in [6, 6.07) is 2.26. The number of urea groups is 2. The molecule has 2 fully saturated rings. The van der Waals surface area contributed by atoms with Gasteiger partial charge in [-0.1, -0.05) is 0 Å². The molecule has 1 N–H and O–H groups in total. The smallest absolute Gasteiger partial charge is 0.339 e. The lowest BCUT2D eigenvalue weighted by atomic mass is 10.3. The van der Waals surface area contributed by atoms with Gasteiger partial charge in [-0.25, -0.2) is 19.3 Å². The Morgan fingerprint density at radius 3 is 2.86 bits per heavy atom. The molecule has 0 saturated carbocycles. The van der Waals surface area contributed by atoms with Crippen LogP contribution in [0.15, 0.2) is 21.3 Å². The highest BCUT2D eigenvalue weighted by Crippen LogP contribution is 2.19. The van der Waals surface area contributed by atoms with Crippen molar-refractivity contribution in [3.8, 4) is 5.75 Å². The number of hydrogen-bond donors (Lipinski definition) is 1. The fourth-order valence-electron chi connectivity index (χ4n) is 2.66. The summed E-state index contributed by atoms with van der Waals surface area (Å²) in [6.07, 6.45) is 0.455. The SMILES string of the molecule is Cc1cc(O[C@@H]2CCN(C(=O)N3CCNC3=O)C2)cc(=O)o1. The molecule has 8 nitrogen and oxygen atoms in total. The van der Waals surface area contributed by atoms with E-state index < -0.39 is 5.63 Å². The van der Waals surface area contributed by atoms with Crippen LogP contribution in [-0.2, 0) is 0 Å². The predicted octanol–water partition coefficient (Wildman–Crippen LogP) is 0.547. The van der Waals surface area contributed by atoms with Crippen LogP contribution in [-0.4, -0.2) is 54.1 Å². The average Bonchev–Trinajstić information content (AvgIpc) is 3.06. The zero-order chi connectivity index (χ0) is 15.7. The summed E-state index contributed by atoms with van der Waals surface area (Å²) in [7, 11) is 0. The van der Waals surface area contributed by atoms with Crippen LogP contribution in [0.25, 0.3) is 0 Å². The zero-order valence-corrected chi connectivity index (χ0v) is 12.2. The van der Waals surface area contributed by atoms with Crippen LogP contribution in [0.4, 0.5) is 9.59 Å². The molecule has 0 aliphatic carbocycles. The van der Waals surface area contributed by atoms with Crippen LogP contribution in [0.2, 0.25) is 0 Å². The minimum atomic E-state index is -0.463. The van der Waals surface area contributed by atoms with Crippen molar-refractivity contribution in [3.63, 3.8) is 0 Å². The third-order valence-corrected chi connectivity index (χ3v) is 3.67. The van der Waals surface area contributed by atoms with E-state index in [0.29, 0.717) is 44.1 Å². The molecular weight excluding hydrogens is 290 g/mol. The second-order valence-electron chi connectivity index (χ2n) is 5.36. The van der Waals surface area contributed by atoms with E-state index in [9.17, 15) is 14.4 Å². The van der Waals surface area contributed by atoms with Crippen molar-refractivity contribution in [1.29, 1.82) is 0 Å². The molecule has 1 aromatic heterocycles. The maximum absolute atomic E-state index is 12.2. The number of ether oxygens (including phenoxy) is 1. The van der Waals surface area contributed by atoms with Gasteiger partial charge in [0.25, 0.3) is 0 Å². The minimum absolute atomic E-state index is 0.198. The number of aryl methyl sites for hydroxylation is 1. The lowest BCUT2D eigenvalue weighted by Gasteiger charge is -2.21. The summed E-state index contributed by atoms with van der Waals surface area (Å²) in [5.41, 5.74) is -0.463. The van der Waals surface area contributed by atoms with Gasteiger partial charge in [-0.15, -0.1) is 0 Å². The average molecular weight is 307 g/mol. The number of nitrogens with zero attached hydrogens (tertiary/aromatic N) is 2. The van der Waals surface area contributed by atoms with Crippen molar-refractivity contribution in [2.75, 3.05) is 26.2 Å². The van der Waals surface area contributed by atoms with Crippen molar-refractivity contribution in [2.45, 2.75) is 19.4 Å². The Balaban J connectivity index is 1.61. The first-order chi connectivity index (χ1) is 10.5. The van der Waals surface area contributed by atoms with E-state index in [1.165, 1.54) is 11.0 Å². The number of hydrogen-bond acceptors (Lipinski definition) is 5. The fourth-order valence-corrected chi connectivity index (χ4v) is 2.66. The molecule has 3 heterocycles. The Morgan fingerprint density at radius 1 is 1.36 bits per heavy atom. The van der Waals surface area contributed by atoms with Gasteiger partial charge in [0.1, 0.15) is 17.6 Å². The van der Waals surface area contributed by atoms with E-state index in [4.69, 9.17) is 9.15 Å². The van der Waals surface area contributed by atoms with E-state index in [0.717, 1.165) is 0 Å². The fraction of sp³-hybridized carbons (Fsp3) is 0.500. The molecule has 1 aromatic rings. The summed E-state index contributed by atoms with van der Waals surface area (Å²) < 4.78 is 10.6. The van der Waals surface area contributed by atoms with Gasteiger partial charge in [0.2, 0.25) is 0 Å². The Bertz CT molecular complexity index is 656. The lowest BCUT2D eigenvalue weighted by Crippen LogP contribution is -2.44. The normalized spacial score (nSPS) is 21.1. The minimum Gasteiger partial charge on any atom is -0.488 e. The van der Waals surface area contributed by atoms with Crippen molar-refractivity contribution >= 4 is 12.1 Å².